The van der Waals surface area contributed by atoms with Gasteiger partial charge in [0.05, 0.1) is 24.0 Å². The molecule has 29 heavy (non-hydrogen) atoms. The fourth-order valence-electron chi connectivity index (χ4n) is 4.02. The summed E-state index contributed by atoms with van der Waals surface area (Å²) < 4.78 is 8.85. The van der Waals surface area contributed by atoms with Gasteiger partial charge < -0.3 is 15.4 Å². The second-order valence-electron chi connectivity index (χ2n) is 7.31. The van der Waals surface area contributed by atoms with Gasteiger partial charge in [-0.25, -0.2) is 9.97 Å². The van der Waals surface area contributed by atoms with Crippen LogP contribution in [-0.4, -0.2) is 49.6 Å². The summed E-state index contributed by atoms with van der Waals surface area (Å²) in [6.07, 6.45) is 6.01. The molecule has 4 aromatic rings. The Labute approximate surface area is 172 Å². The van der Waals surface area contributed by atoms with Crippen LogP contribution in [0, 0.1) is 0 Å². The van der Waals surface area contributed by atoms with E-state index < -0.39 is 0 Å². The van der Waals surface area contributed by atoms with E-state index in [1.807, 2.05) is 30.2 Å². The van der Waals surface area contributed by atoms with Crippen LogP contribution in [0.3, 0.4) is 0 Å². The van der Waals surface area contributed by atoms with E-state index in [-0.39, 0.29) is 11.9 Å². The van der Waals surface area contributed by atoms with E-state index in [0.717, 1.165) is 42.8 Å². The predicted molar refractivity (Wildman–Crippen MR) is 112 cm³/mol. The number of methoxy groups -OCH3 is 1. The molecule has 1 aliphatic rings. The standard InChI is InChI=1S/C19H21ClN8O/c1-26-10-12(8-22-26)27-7-3-4-11(9-27)17-24-18-13-5-6-14(20)16(29-2)15(13)23-19(21)28(18)25-17/h5-6,8,10-11H,3-4,7,9H2,1-2H3,(H2,21,23). The molecule has 0 amide bonds. The Balaban J connectivity index is 1.57. The average Bonchev–Trinajstić information content (AvgIpc) is 3.35. The molecule has 10 heteroatoms. The number of anilines is 2. The van der Waals surface area contributed by atoms with E-state index >= 15 is 0 Å². The number of hydrogen-bond donors (Lipinski definition) is 1. The highest BCUT2D eigenvalue weighted by Gasteiger charge is 2.27. The smallest absolute Gasteiger partial charge is 0.223 e. The SMILES string of the molecule is COc1c(Cl)ccc2c1nc(N)n1nc(C3CCCN(c4cnn(C)c4)C3)nc21. The van der Waals surface area contributed by atoms with Crippen LogP contribution in [0.5, 0.6) is 5.75 Å². The summed E-state index contributed by atoms with van der Waals surface area (Å²) in [7, 11) is 3.49. The van der Waals surface area contributed by atoms with Crippen LogP contribution in [0.15, 0.2) is 24.5 Å². The number of hydrogen-bond acceptors (Lipinski definition) is 7. The molecule has 0 spiro atoms. The Morgan fingerprint density at radius 3 is 2.90 bits per heavy atom. The number of aryl methyl sites for hydroxylation is 1. The van der Waals surface area contributed by atoms with Crippen LogP contribution < -0.4 is 15.4 Å². The summed E-state index contributed by atoms with van der Waals surface area (Å²) in [5.74, 6) is 1.72. The number of nitrogens with zero attached hydrogens (tertiary/aromatic N) is 7. The summed E-state index contributed by atoms with van der Waals surface area (Å²) in [5, 5.41) is 10.3. The van der Waals surface area contributed by atoms with Crippen LogP contribution in [0.1, 0.15) is 24.6 Å². The van der Waals surface area contributed by atoms with Gasteiger partial charge in [0, 0.05) is 37.6 Å². The first-order valence-electron chi connectivity index (χ1n) is 9.47. The third kappa shape index (κ3) is 2.93. The second-order valence-corrected chi connectivity index (χ2v) is 7.72. The molecule has 9 nitrogen and oxygen atoms in total. The van der Waals surface area contributed by atoms with Crippen molar-refractivity contribution in [3.05, 3.63) is 35.4 Å². The number of rotatable bonds is 3. The number of nitrogen functional groups attached to an aromatic ring is 1. The van der Waals surface area contributed by atoms with Gasteiger partial charge in [-0.05, 0) is 25.0 Å². The zero-order valence-electron chi connectivity index (χ0n) is 16.2. The molecule has 1 fully saturated rings. The fourth-order valence-corrected chi connectivity index (χ4v) is 4.25. The molecule has 2 N–H and O–H groups in total. The maximum Gasteiger partial charge on any atom is 0.223 e. The minimum atomic E-state index is 0.201. The van der Waals surface area contributed by atoms with Gasteiger partial charge in [0.25, 0.3) is 0 Å². The third-order valence-electron chi connectivity index (χ3n) is 5.44. The maximum atomic E-state index is 6.25. The second kappa shape index (κ2) is 6.77. The van der Waals surface area contributed by atoms with Crippen molar-refractivity contribution < 1.29 is 4.74 Å². The first-order chi connectivity index (χ1) is 14.0. The molecule has 0 saturated carbocycles. The molecule has 1 unspecified atom stereocenters. The minimum Gasteiger partial charge on any atom is -0.493 e. The van der Waals surface area contributed by atoms with Gasteiger partial charge in [0.2, 0.25) is 5.95 Å². The van der Waals surface area contributed by atoms with Crippen molar-refractivity contribution in [1.29, 1.82) is 0 Å². The molecular formula is C19H21ClN8O. The third-order valence-corrected chi connectivity index (χ3v) is 5.74. The molecule has 5 rings (SSSR count). The number of piperidine rings is 1. The van der Waals surface area contributed by atoms with E-state index in [1.165, 1.54) is 0 Å². The average molecular weight is 413 g/mol. The summed E-state index contributed by atoms with van der Waals surface area (Å²) >= 11 is 6.25. The highest BCUT2D eigenvalue weighted by Crippen LogP contribution is 2.35. The lowest BCUT2D eigenvalue weighted by atomic mass is 9.97. The fraction of sp³-hybridized carbons (Fsp3) is 0.368. The molecule has 1 aromatic carbocycles. The van der Waals surface area contributed by atoms with Gasteiger partial charge in [-0.3, -0.25) is 4.68 Å². The van der Waals surface area contributed by atoms with E-state index in [2.05, 4.69) is 15.0 Å². The van der Waals surface area contributed by atoms with Crippen molar-refractivity contribution in [2.75, 3.05) is 30.8 Å². The zero-order chi connectivity index (χ0) is 20.1. The highest BCUT2D eigenvalue weighted by atomic mass is 35.5. The number of aromatic nitrogens is 6. The zero-order valence-corrected chi connectivity index (χ0v) is 17.0. The topological polar surface area (TPSA) is 99.4 Å². The molecule has 1 atom stereocenters. The van der Waals surface area contributed by atoms with Crippen molar-refractivity contribution in [1.82, 2.24) is 29.4 Å². The lowest BCUT2D eigenvalue weighted by Gasteiger charge is -2.32. The highest BCUT2D eigenvalue weighted by molar-refractivity contribution is 6.33. The van der Waals surface area contributed by atoms with Crippen LogP contribution in [0.25, 0.3) is 16.6 Å². The van der Waals surface area contributed by atoms with Crippen LogP contribution in [0.4, 0.5) is 11.6 Å². The molecular weight excluding hydrogens is 392 g/mol. The van der Waals surface area contributed by atoms with Gasteiger partial charge >= 0.3 is 0 Å². The number of ether oxygens (including phenoxy) is 1. The quantitative estimate of drug-likeness (QED) is 0.552. The minimum absolute atomic E-state index is 0.201. The normalized spacial score (nSPS) is 17.3. The van der Waals surface area contributed by atoms with Crippen LogP contribution in [0.2, 0.25) is 5.02 Å². The number of fused-ring (bicyclic) bond motifs is 3. The summed E-state index contributed by atoms with van der Waals surface area (Å²) in [4.78, 5) is 11.6. The van der Waals surface area contributed by atoms with E-state index in [4.69, 9.17) is 32.2 Å². The van der Waals surface area contributed by atoms with Gasteiger partial charge in [-0.2, -0.15) is 9.61 Å². The molecule has 0 aliphatic carbocycles. The van der Waals surface area contributed by atoms with Crippen molar-refractivity contribution in [3.63, 3.8) is 0 Å². The predicted octanol–water partition coefficient (Wildman–Crippen LogP) is 2.64. The first kappa shape index (κ1) is 18.0. The molecule has 4 heterocycles. The monoisotopic (exact) mass is 412 g/mol. The van der Waals surface area contributed by atoms with Gasteiger partial charge in [-0.1, -0.05) is 11.6 Å². The van der Waals surface area contributed by atoms with E-state index in [9.17, 15) is 0 Å². The molecule has 0 radical (unpaired) electrons. The Kier molecular flexibility index (Phi) is 4.20. The number of halogens is 1. The Hall–Kier alpha value is -3.07. The summed E-state index contributed by atoms with van der Waals surface area (Å²) in [6.45, 7) is 1.83. The van der Waals surface area contributed by atoms with Gasteiger partial charge in [0.15, 0.2) is 17.2 Å². The molecule has 3 aromatic heterocycles. The molecule has 0 bridgehead atoms. The van der Waals surface area contributed by atoms with Crippen molar-refractivity contribution in [3.8, 4) is 5.75 Å². The van der Waals surface area contributed by atoms with Crippen molar-refractivity contribution in [2.45, 2.75) is 18.8 Å². The van der Waals surface area contributed by atoms with Crippen LogP contribution >= 0.6 is 11.6 Å². The first-order valence-corrected chi connectivity index (χ1v) is 9.85. The number of nitrogens with two attached hydrogens (primary N) is 1. The van der Waals surface area contributed by atoms with E-state index in [0.29, 0.717) is 21.9 Å². The van der Waals surface area contributed by atoms with Gasteiger partial charge in [-0.15, -0.1) is 5.10 Å². The lowest BCUT2D eigenvalue weighted by Crippen LogP contribution is -2.34. The van der Waals surface area contributed by atoms with Crippen molar-refractivity contribution >= 4 is 39.8 Å². The summed E-state index contributed by atoms with van der Waals surface area (Å²) in [6, 6.07) is 3.66. The molecule has 1 saturated heterocycles. The van der Waals surface area contributed by atoms with Crippen molar-refractivity contribution in [2.24, 2.45) is 7.05 Å². The van der Waals surface area contributed by atoms with Crippen LogP contribution in [-0.2, 0) is 7.05 Å². The summed E-state index contributed by atoms with van der Waals surface area (Å²) in [5.41, 5.74) is 8.56. The maximum absolute atomic E-state index is 6.25. The van der Waals surface area contributed by atoms with E-state index in [1.54, 1.807) is 17.7 Å². The Morgan fingerprint density at radius 1 is 1.28 bits per heavy atom. The lowest BCUT2D eigenvalue weighted by molar-refractivity contribution is 0.419. The van der Waals surface area contributed by atoms with Gasteiger partial charge in [0.1, 0.15) is 5.52 Å². The largest absolute Gasteiger partial charge is 0.493 e. The Morgan fingerprint density at radius 2 is 2.14 bits per heavy atom. The number of benzene rings is 1. The molecule has 1 aliphatic heterocycles. The Bertz CT molecular complexity index is 1220. The molecule has 150 valence electrons.